The molecule has 0 aromatic heterocycles. The summed E-state index contributed by atoms with van der Waals surface area (Å²) in [5.41, 5.74) is -2.69. The van der Waals surface area contributed by atoms with Crippen molar-refractivity contribution < 1.29 is 58.0 Å². The molecule has 13 heteroatoms. The van der Waals surface area contributed by atoms with Gasteiger partial charge in [-0.25, -0.2) is 0 Å². The fraction of sp³-hybridized carbons (Fsp3) is 0.971. The number of epoxide rings is 1. The van der Waals surface area contributed by atoms with Gasteiger partial charge in [-0.05, 0) is 66.8 Å². The van der Waals surface area contributed by atoms with Crippen molar-refractivity contribution >= 4 is 5.97 Å². The van der Waals surface area contributed by atoms with Crippen LogP contribution in [0.5, 0.6) is 0 Å². The molecule has 0 aromatic carbocycles. The molecule has 5 fully saturated rings. The van der Waals surface area contributed by atoms with Crippen LogP contribution in [0.4, 0.5) is 0 Å². The molecule has 19 atom stereocenters. The molecule has 5 saturated heterocycles. The molecule has 0 radical (unpaired) electrons. The molecule has 5 aliphatic rings. The SMILES string of the molecule is CC[C@@H](O)[C@@](C)(O)[C@@H]1OC(=O)[C@H](C)[C@@H](O[C@H]2CC3(OC)O[C@H]3C(C)O2)[C@H](C)[C@@H](O[C@@H]2OC(C)CC(NC)C2O)[C@@]2(C)CC(C)C(O2)[C@@H]1C. The topological polar surface area (TPSA) is 167 Å². The summed E-state index contributed by atoms with van der Waals surface area (Å²) in [6.45, 7) is 16.7. The Morgan fingerprint density at radius 2 is 1.75 bits per heavy atom. The second-order valence-electron chi connectivity index (χ2n) is 15.7. The Morgan fingerprint density at radius 3 is 2.38 bits per heavy atom. The first-order valence-corrected chi connectivity index (χ1v) is 17.9. The van der Waals surface area contributed by atoms with Gasteiger partial charge < -0.3 is 58.5 Å². The van der Waals surface area contributed by atoms with Gasteiger partial charge in [0.25, 0.3) is 0 Å². The zero-order valence-electron chi connectivity index (χ0n) is 30.6. The van der Waals surface area contributed by atoms with Crippen molar-refractivity contribution in [2.45, 2.75) is 179 Å². The van der Waals surface area contributed by atoms with Crippen LogP contribution in [0.3, 0.4) is 0 Å². The second kappa shape index (κ2) is 14.2. The van der Waals surface area contributed by atoms with E-state index in [-0.39, 0.29) is 36.7 Å². The van der Waals surface area contributed by atoms with Crippen molar-refractivity contribution in [1.29, 1.82) is 0 Å². The van der Waals surface area contributed by atoms with Crippen molar-refractivity contribution in [3.63, 3.8) is 0 Å². The highest BCUT2D eigenvalue weighted by molar-refractivity contribution is 5.73. The van der Waals surface area contributed by atoms with Crippen molar-refractivity contribution in [3.05, 3.63) is 0 Å². The van der Waals surface area contributed by atoms with Crippen LogP contribution in [-0.2, 0) is 42.7 Å². The van der Waals surface area contributed by atoms with Gasteiger partial charge in [-0.2, -0.15) is 0 Å². The van der Waals surface area contributed by atoms with E-state index in [4.69, 9.17) is 37.9 Å². The molecule has 5 heterocycles. The van der Waals surface area contributed by atoms with E-state index in [9.17, 15) is 20.1 Å². The number of hydrogen-bond acceptors (Lipinski definition) is 13. The van der Waals surface area contributed by atoms with E-state index in [1.807, 2.05) is 34.6 Å². The Hall–Kier alpha value is -0.970. The zero-order valence-corrected chi connectivity index (χ0v) is 30.6. The highest BCUT2D eigenvalue weighted by atomic mass is 16.8. The van der Waals surface area contributed by atoms with Crippen molar-refractivity contribution in [1.82, 2.24) is 5.32 Å². The summed E-state index contributed by atoms with van der Waals surface area (Å²) >= 11 is 0. The molecule has 2 bridgehead atoms. The number of carbonyl (C=O) groups is 1. The van der Waals surface area contributed by atoms with Crippen LogP contribution >= 0.6 is 0 Å². The van der Waals surface area contributed by atoms with Gasteiger partial charge in [-0.3, -0.25) is 4.79 Å². The smallest absolute Gasteiger partial charge is 0.311 e. The third-order valence-electron chi connectivity index (χ3n) is 11.9. The van der Waals surface area contributed by atoms with Crippen LogP contribution in [0.1, 0.15) is 88.0 Å². The number of likely N-dealkylation sites (N-methyl/N-ethyl adjacent to an activating group) is 1. The predicted octanol–water partition coefficient (Wildman–Crippen LogP) is 2.26. The molecule has 5 aliphatic heterocycles. The molecule has 48 heavy (non-hydrogen) atoms. The Balaban J connectivity index is 1.56. The predicted molar refractivity (Wildman–Crippen MR) is 172 cm³/mol. The fourth-order valence-electron chi connectivity index (χ4n) is 9.12. The number of hydrogen-bond donors (Lipinski definition) is 4. The van der Waals surface area contributed by atoms with Crippen LogP contribution in [0, 0.1) is 23.7 Å². The van der Waals surface area contributed by atoms with Crippen LogP contribution in [-0.4, -0.2) is 126 Å². The van der Waals surface area contributed by atoms with Crippen LogP contribution < -0.4 is 5.32 Å². The lowest BCUT2D eigenvalue weighted by molar-refractivity contribution is -0.304. The Kier molecular flexibility index (Phi) is 11.3. The van der Waals surface area contributed by atoms with Gasteiger partial charge in [-0.15, -0.1) is 0 Å². The molecular weight excluding hydrogens is 626 g/mol. The number of nitrogens with one attached hydrogen (secondary N) is 1. The highest BCUT2D eigenvalue weighted by Gasteiger charge is 2.66. The number of rotatable bonds is 9. The summed E-state index contributed by atoms with van der Waals surface area (Å²) in [6.07, 6.45) is -5.92. The number of esters is 1. The Labute approximate surface area is 285 Å². The maximum Gasteiger partial charge on any atom is 0.311 e. The second-order valence-corrected chi connectivity index (χ2v) is 15.7. The summed E-state index contributed by atoms with van der Waals surface area (Å²) < 4.78 is 50.9. The minimum absolute atomic E-state index is 0.0375. The summed E-state index contributed by atoms with van der Waals surface area (Å²) in [4.78, 5) is 14.2. The van der Waals surface area contributed by atoms with E-state index in [0.29, 0.717) is 19.3 Å². The number of ether oxygens (including phenoxy) is 8. The summed E-state index contributed by atoms with van der Waals surface area (Å²) in [6, 6.07) is -0.247. The van der Waals surface area contributed by atoms with Crippen LogP contribution in [0.15, 0.2) is 0 Å². The molecule has 13 nitrogen and oxygen atoms in total. The van der Waals surface area contributed by atoms with E-state index >= 15 is 0 Å². The first-order chi connectivity index (χ1) is 22.4. The lowest BCUT2D eigenvalue weighted by atomic mass is 9.76. The monoisotopic (exact) mass is 687 g/mol. The summed E-state index contributed by atoms with van der Waals surface area (Å²) in [5.74, 6) is -3.34. The molecule has 0 saturated carbocycles. The summed E-state index contributed by atoms with van der Waals surface area (Å²) in [5, 5.41) is 37.2. The van der Waals surface area contributed by atoms with Crippen LogP contribution in [0.25, 0.3) is 0 Å². The summed E-state index contributed by atoms with van der Waals surface area (Å²) in [7, 11) is 3.40. The number of carbonyl (C=O) groups excluding carboxylic acids is 1. The quantitative estimate of drug-likeness (QED) is 0.206. The number of cyclic esters (lactones) is 1. The van der Waals surface area contributed by atoms with Gasteiger partial charge in [0.05, 0.1) is 54.6 Å². The van der Waals surface area contributed by atoms with Gasteiger partial charge >= 0.3 is 5.97 Å². The van der Waals surface area contributed by atoms with Gasteiger partial charge in [0, 0.05) is 25.0 Å². The molecule has 5 rings (SSSR count). The number of aliphatic hydroxyl groups is 3. The van der Waals surface area contributed by atoms with E-state index in [0.717, 1.165) is 0 Å². The lowest BCUT2D eigenvalue weighted by Gasteiger charge is -2.46. The number of fused-ring (bicyclic) bond motifs is 3. The standard InChI is InChI=1S/C35H61NO12/c1-12-23(37)34(9,40)29-18(4)26-16(2)14-33(8,47-26)28(46-32-25(38)22(36-10)13-17(3)42-32)19(5)27(20(6)31(39)45-29)44-24-15-35(41-11)30(48-35)21(7)43-24/h16-30,32,36-38,40H,12-15H2,1-11H3/t16?,17?,18-,19-,20+,21?,22?,23+,24-,25?,26?,27-,28+,29+,30-,32-,33+,34+,35?/m0/s1. The third kappa shape index (κ3) is 6.96. The lowest BCUT2D eigenvalue weighted by Crippen LogP contribution is -2.59. The largest absolute Gasteiger partial charge is 0.459 e. The minimum Gasteiger partial charge on any atom is -0.459 e. The fourth-order valence-corrected chi connectivity index (χ4v) is 9.12. The van der Waals surface area contributed by atoms with Crippen LogP contribution in [0.2, 0.25) is 0 Å². The molecule has 0 aliphatic carbocycles. The van der Waals surface area contributed by atoms with E-state index in [1.165, 1.54) is 6.92 Å². The van der Waals surface area contributed by atoms with Gasteiger partial charge in [0.2, 0.25) is 5.79 Å². The van der Waals surface area contributed by atoms with E-state index < -0.39 is 89.9 Å². The molecule has 0 spiro atoms. The molecular formula is C35H61NO12. The first kappa shape index (κ1) is 38.3. The molecule has 278 valence electrons. The molecule has 0 aromatic rings. The average Bonchev–Trinajstić information content (AvgIpc) is 3.70. The average molecular weight is 688 g/mol. The molecule has 7 unspecified atom stereocenters. The van der Waals surface area contributed by atoms with Gasteiger partial charge in [0.1, 0.15) is 23.9 Å². The number of aliphatic hydroxyl groups excluding tert-OH is 2. The van der Waals surface area contributed by atoms with Gasteiger partial charge in [-0.1, -0.05) is 27.7 Å². The molecule has 4 N–H and O–H groups in total. The van der Waals surface area contributed by atoms with Crippen molar-refractivity contribution in [3.8, 4) is 0 Å². The van der Waals surface area contributed by atoms with Crippen molar-refractivity contribution in [2.24, 2.45) is 23.7 Å². The highest BCUT2D eigenvalue weighted by Crippen LogP contribution is 2.51. The Bertz CT molecular complexity index is 1130. The minimum atomic E-state index is -1.76. The first-order valence-electron chi connectivity index (χ1n) is 17.9. The Morgan fingerprint density at radius 1 is 1.06 bits per heavy atom. The maximum absolute atomic E-state index is 14.2. The number of methoxy groups -OCH3 is 1. The zero-order chi connectivity index (χ0) is 35.5. The van der Waals surface area contributed by atoms with E-state index in [2.05, 4.69) is 12.2 Å². The van der Waals surface area contributed by atoms with Gasteiger partial charge in [0.15, 0.2) is 12.6 Å². The van der Waals surface area contributed by atoms with Crippen molar-refractivity contribution in [2.75, 3.05) is 14.2 Å². The van der Waals surface area contributed by atoms with E-state index in [1.54, 1.807) is 28.0 Å². The third-order valence-corrected chi connectivity index (χ3v) is 11.9. The maximum atomic E-state index is 14.2. The normalized spacial score (nSPS) is 51.6. The molecule has 0 amide bonds.